The lowest BCUT2D eigenvalue weighted by Gasteiger charge is -2.31. The van der Waals surface area contributed by atoms with Crippen LogP contribution in [0.25, 0.3) is 0 Å². The summed E-state index contributed by atoms with van der Waals surface area (Å²) in [6, 6.07) is 9.63. The van der Waals surface area contributed by atoms with Crippen molar-refractivity contribution in [3.63, 3.8) is 0 Å². The van der Waals surface area contributed by atoms with Crippen LogP contribution in [0.15, 0.2) is 30.3 Å². The average molecular weight is 360 g/mol. The number of nitrogens with one attached hydrogen (secondary N) is 1. The molecule has 6 heteroatoms. The largest absolute Gasteiger partial charge is 0.445 e. The van der Waals surface area contributed by atoms with Gasteiger partial charge in [0.05, 0.1) is 5.54 Å². The fourth-order valence-corrected chi connectivity index (χ4v) is 3.95. The summed E-state index contributed by atoms with van der Waals surface area (Å²) in [4.78, 5) is 26.5. The van der Waals surface area contributed by atoms with Crippen LogP contribution in [-0.4, -0.2) is 41.3 Å². The molecular formula is C20H28N2O4. The van der Waals surface area contributed by atoms with Gasteiger partial charge in [-0.15, -0.1) is 0 Å². The molecule has 1 aromatic carbocycles. The molecule has 1 N–H and O–H groups in total. The van der Waals surface area contributed by atoms with E-state index in [0.717, 1.165) is 24.8 Å². The molecule has 0 spiro atoms. The van der Waals surface area contributed by atoms with Gasteiger partial charge in [-0.2, -0.15) is 0 Å². The Morgan fingerprint density at radius 1 is 1.27 bits per heavy atom. The Bertz CT molecular complexity index is 656. The molecule has 0 radical (unpaired) electrons. The first kappa shape index (κ1) is 18.5. The van der Waals surface area contributed by atoms with E-state index >= 15 is 0 Å². The van der Waals surface area contributed by atoms with Crippen LogP contribution in [0.4, 0.5) is 9.59 Å². The standard InChI is InChI=1S/C20H28N2O4/c1-19(2,3)26-17(23)21-20-11-7-10-16(20)12-22(14-20)18(24)25-13-15-8-5-4-6-9-15/h4-6,8-9,16H,7,10-14H2,1-3H3,(H,21,23)/t16-,20+/m1/s1. The van der Waals surface area contributed by atoms with Gasteiger partial charge in [-0.1, -0.05) is 36.8 Å². The average Bonchev–Trinajstić information content (AvgIpc) is 3.08. The normalized spacial score (nSPS) is 24.9. The molecule has 26 heavy (non-hydrogen) atoms. The van der Waals surface area contributed by atoms with Gasteiger partial charge in [-0.3, -0.25) is 0 Å². The molecule has 2 atom stereocenters. The summed E-state index contributed by atoms with van der Waals surface area (Å²) in [5, 5.41) is 3.06. The maximum Gasteiger partial charge on any atom is 0.410 e. The Morgan fingerprint density at radius 2 is 2.00 bits per heavy atom. The Morgan fingerprint density at radius 3 is 2.69 bits per heavy atom. The van der Waals surface area contributed by atoms with Crippen LogP contribution in [0, 0.1) is 5.92 Å². The molecule has 2 aliphatic rings. The fourth-order valence-electron chi connectivity index (χ4n) is 3.95. The van der Waals surface area contributed by atoms with Gasteiger partial charge in [0.1, 0.15) is 12.2 Å². The lowest BCUT2D eigenvalue weighted by Crippen LogP contribution is -2.53. The number of carbonyl (C=O) groups is 2. The van der Waals surface area contributed by atoms with Crippen molar-refractivity contribution in [1.29, 1.82) is 0 Å². The number of fused-ring (bicyclic) bond motifs is 1. The quantitative estimate of drug-likeness (QED) is 0.892. The molecule has 1 saturated heterocycles. The molecule has 3 rings (SSSR count). The molecule has 1 aliphatic heterocycles. The Kier molecular flexibility index (Phi) is 5.12. The maximum absolute atomic E-state index is 12.5. The lowest BCUT2D eigenvalue weighted by molar-refractivity contribution is 0.0440. The van der Waals surface area contributed by atoms with Gasteiger partial charge in [0.25, 0.3) is 0 Å². The molecule has 2 amide bonds. The molecule has 0 bridgehead atoms. The summed E-state index contributed by atoms with van der Waals surface area (Å²) in [5.41, 5.74) is 0.0253. The molecule has 142 valence electrons. The SMILES string of the molecule is CC(C)(C)OC(=O)N[C@]12CCC[C@@H]1CN(C(=O)OCc1ccccc1)C2. The van der Waals surface area contributed by atoms with Crippen LogP contribution in [0.3, 0.4) is 0 Å². The number of amides is 2. The zero-order valence-electron chi connectivity index (χ0n) is 15.8. The van der Waals surface area contributed by atoms with Crippen LogP contribution in [0.2, 0.25) is 0 Å². The molecule has 1 aliphatic carbocycles. The van der Waals surface area contributed by atoms with E-state index in [1.807, 2.05) is 51.1 Å². The zero-order valence-corrected chi connectivity index (χ0v) is 15.8. The van der Waals surface area contributed by atoms with E-state index in [-0.39, 0.29) is 18.6 Å². The van der Waals surface area contributed by atoms with Gasteiger partial charge in [0.2, 0.25) is 0 Å². The summed E-state index contributed by atoms with van der Waals surface area (Å²) in [6.07, 6.45) is 2.17. The maximum atomic E-state index is 12.5. The summed E-state index contributed by atoms with van der Waals surface area (Å²) in [6.45, 7) is 6.89. The summed E-state index contributed by atoms with van der Waals surface area (Å²) < 4.78 is 10.9. The predicted octanol–water partition coefficient (Wildman–Crippen LogP) is 3.70. The number of hydrogen-bond donors (Lipinski definition) is 1. The van der Waals surface area contributed by atoms with E-state index in [4.69, 9.17) is 9.47 Å². The van der Waals surface area contributed by atoms with Gasteiger partial charge in [0, 0.05) is 19.0 Å². The predicted molar refractivity (Wildman–Crippen MR) is 97.6 cm³/mol. The topological polar surface area (TPSA) is 67.9 Å². The highest BCUT2D eigenvalue weighted by atomic mass is 16.6. The van der Waals surface area contributed by atoms with E-state index in [0.29, 0.717) is 13.1 Å². The Balaban J connectivity index is 1.59. The summed E-state index contributed by atoms with van der Waals surface area (Å²) in [5.74, 6) is 0.249. The van der Waals surface area contributed by atoms with Crippen molar-refractivity contribution in [1.82, 2.24) is 10.2 Å². The van der Waals surface area contributed by atoms with E-state index in [1.54, 1.807) is 4.90 Å². The second-order valence-electron chi connectivity index (χ2n) is 8.29. The first-order chi connectivity index (χ1) is 12.3. The lowest BCUT2D eigenvalue weighted by atomic mass is 9.91. The van der Waals surface area contributed by atoms with Gasteiger partial charge in [0.15, 0.2) is 0 Å². The van der Waals surface area contributed by atoms with Crippen LogP contribution in [0.1, 0.15) is 45.6 Å². The fraction of sp³-hybridized carbons (Fsp3) is 0.600. The number of hydrogen-bond acceptors (Lipinski definition) is 4. The highest BCUT2D eigenvalue weighted by molar-refractivity contribution is 5.71. The molecule has 2 fully saturated rings. The third-order valence-electron chi connectivity index (χ3n) is 5.08. The second-order valence-corrected chi connectivity index (χ2v) is 8.29. The number of ether oxygens (including phenoxy) is 2. The Hall–Kier alpha value is -2.24. The minimum Gasteiger partial charge on any atom is -0.445 e. The van der Waals surface area contributed by atoms with Crippen LogP contribution in [-0.2, 0) is 16.1 Å². The number of rotatable bonds is 3. The Labute approximate surface area is 154 Å². The second kappa shape index (κ2) is 7.17. The van der Waals surface area contributed by atoms with Gasteiger partial charge in [-0.25, -0.2) is 9.59 Å². The van der Waals surface area contributed by atoms with Crippen molar-refractivity contribution in [2.24, 2.45) is 5.92 Å². The highest BCUT2D eigenvalue weighted by Crippen LogP contribution is 2.42. The minimum atomic E-state index is -0.540. The van der Waals surface area contributed by atoms with E-state index in [1.165, 1.54) is 0 Å². The van der Waals surface area contributed by atoms with E-state index in [9.17, 15) is 9.59 Å². The minimum absolute atomic E-state index is 0.249. The van der Waals surface area contributed by atoms with Crippen molar-refractivity contribution in [3.8, 4) is 0 Å². The van der Waals surface area contributed by atoms with Gasteiger partial charge >= 0.3 is 12.2 Å². The van der Waals surface area contributed by atoms with E-state index in [2.05, 4.69) is 5.32 Å². The molecule has 1 aromatic rings. The molecular weight excluding hydrogens is 332 g/mol. The first-order valence-electron chi connectivity index (χ1n) is 9.24. The molecule has 6 nitrogen and oxygen atoms in total. The molecule has 0 aromatic heterocycles. The van der Waals surface area contributed by atoms with Gasteiger partial charge < -0.3 is 19.7 Å². The van der Waals surface area contributed by atoms with Crippen molar-refractivity contribution in [2.75, 3.05) is 13.1 Å². The summed E-state index contributed by atoms with van der Waals surface area (Å²) in [7, 11) is 0. The van der Waals surface area contributed by atoms with Crippen LogP contribution < -0.4 is 5.32 Å². The number of nitrogens with zero attached hydrogens (tertiary/aromatic N) is 1. The van der Waals surface area contributed by atoms with Crippen LogP contribution >= 0.6 is 0 Å². The molecule has 1 saturated carbocycles. The summed E-state index contributed by atoms with van der Waals surface area (Å²) >= 11 is 0. The number of benzene rings is 1. The number of likely N-dealkylation sites (tertiary alicyclic amines) is 1. The molecule has 1 heterocycles. The van der Waals surface area contributed by atoms with Crippen molar-refractivity contribution < 1.29 is 19.1 Å². The first-order valence-corrected chi connectivity index (χ1v) is 9.24. The monoisotopic (exact) mass is 360 g/mol. The smallest absolute Gasteiger partial charge is 0.410 e. The van der Waals surface area contributed by atoms with Crippen molar-refractivity contribution in [3.05, 3.63) is 35.9 Å². The van der Waals surface area contributed by atoms with Crippen molar-refractivity contribution in [2.45, 2.75) is 57.8 Å². The van der Waals surface area contributed by atoms with Crippen LogP contribution in [0.5, 0.6) is 0 Å². The third-order valence-corrected chi connectivity index (χ3v) is 5.08. The highest BCUT2D eigenvalue weighted by Gasteiger charge is 2.52. The zero-order chi connectivity index (χ0) is 18.8. The van der Waals surface area contributed by atoms with E-state index < -0.39 is 17.2 Å². The number of carbonyl (C=O) groups excluding carboxylic acids is 2. The molecule has 0 unspecified atom stereocenters. The van der Waals surface area contributed by atoms with Gasteiger partial charge in [-0.05, 0) is 39.2 Å². The van der Waals surface area contributed by atoms with Crippen molar-refractivity contribution >= 4 is 12.2 Å². The third kappa shape index (κ3) is 4.29. The number of alkyl carbamates (subject to hydrolysis) is 1.